The van der Waals surface area contributed by atoms with Gasteiger partial charge in [0.1, 0.15) is 0 Å². The summed E-state index contributed by atoms with van der Waals surface area (Å²) in [6, 6.07) is 16.6. The van der Waals surface area contributed by atoms with E-state index in [1.54, 1.807) is 0 Å². The molecule has 1 fully saturated rings. The Hall–Kier alpha value is -1.36. The largest absolute Gasteiger partial charge is 0.351 e. The maximum absolute atomic E-state index is 12.6. The Kier molecular flexibility index (Phi) is 5.05. The van der Waals surface area contributed by atoms with E-state index in [-0.39, 0.29) is 11.3 Å². The van der Waals surface area contributed by atoms with Crippen LogP contribution in [0.15, 0.2) is 48.5 Å². The molecular formula is C20H22INO. The van der Waals surface area contributed by atoms with Crippen molar-refractivity contribution in [3.8, 4) is 0 Å². The van der Waals surface area contributed by atoms with Crippen molar-refractivity contribution in [3.63, 3.8) is 0 Å². The van der Waals surface area contributed by atoms with Gasteiger partial charge in [-0.1, -0.05) is 55.3 Å². The zero-order chi connectivity index (χ0) is 16.3. The lowest BCUT2D eigenvalue weighted by molar-refractivity contribution is 0.0942. The zero-order valence-electron chi connectivity index (χ0n) is 13.4. The Morgan fingerprint density at radius 3 is 2.48 bits per heavy atom. The lowest BCUT2D eigenvalue weighted by atomic mass is 9.79. The molecule has 2 aromatic rings. The van der Waals surface area contributed by atoms with Crippen molar-refractivity contribution in [1.82, 2.24) is 5.32 Å². The molecule has 0 unspecified atom stereocenters. The van der Waals surface area contributed by atoms with Gasteiger partial charge in [-0.05, 0) is 59.5 Å². The summed E-state index contributed by atoms with van der Waals surface area (Å²) < 4.78 is 1.04. The summed E-state index contributed by atoms with van der Waals surface area (Å²) in [5, 5.41) is 3.20. The van der Waals surface area contributed by atoms with Gasteiger partial charge >= 0.3 is 0 Å². The third kappa shape index (κ3) is 3.44. The standard InChI is InChI=1S/C20H22INO/c1-15-8-7-11-17(18(15)21)19(23)22-14-20(12-5-6-13-20)16-9-3-2-4-10-16/h2-4,7-11H,5-6,12-14H2,1H3,(H,22,23). The van der Waals surface area contributed by atoms with E-state index < -0.39 is 0 Å². The number of nitrogens with one attached hydrogen (secondary N) is 1. The molecule has 0 aliphatic heterocycles. The predicted molar refractivity (Wildman–Crippen MR) is 103 cm³/mol. The van der Waals surface area contributed by atoms with Crippen LogP contribution in [0.1, 0.15) is 47.2 Å². The fraction of sp³-hybridized carbons (Fsp3) is 0.350. The fourth-order valence-corrected chi connectivity index (χ4v) is 4.18. The van der Waals surface area contributed by atoms with Crippen LogP contribution < -0.4 is 5.32 Å². The highest BCUT2D eigenvalue weighted by molar-refractivity contribution is 14.1. The van der Waals surface area contributed by atoms with E-state index >= 15 is 0 Å². The summed E-state index contributed by atoms with van der Waals surface area (Å²) in [5.74, 6) is 0.0420. The Bertz CT molecular complexity index is 690. The number of hydrogen-bond acceptors (Lipinski definition) is 1. The van der Waals surface area contributed by atoms with Gasteiger partial charge in [0.25, 0.3) is 5.91 Å². The van der Waals surface area contributed by atoms with Crippen molar-refractivity contribution in [2.45, 2.75) is 38.0 Å². The van der Waals surface area contributed by atoms with Gasteiger partial charge in [-0.15, -0.1) is 0 Å². The summed E-state index contributed by atoms with van der Waals surface area (Å²) in [6.07, 6.45) is 4.80. The second kappa shape index (κ2) is 7.04. The average Bonchev–Trinajstić information content (AvgIpc) is 3.06. The van der Waals surface area contributed by atoms with Crippen LogP contribution in [0, 0.1) is 10.5 Å². The summed E-state index contributed by atoms with van der Waals surface area (Å²) in [5.41, 5.74) is 3.40. The number of carbonyl (C=O) groups is 1. The first-order chi connectivity index (χ1) is 11.1. The van der Waals surface area contributed by atoms with Crippen molar-refractivity contribution in [1.29, 1.82) is 0 Å². The van der Waals surface area contributed by atoms with E-state index in [0.29, 0.717) is 0 Å². The molecule has 120 valence electrons. The van der Waals surface area contributed by atoms with Crippen LogP contribution in [-0.4, -0.2) is 12.5 Å². The quantitative estimate of drug-likeness (QED) is 0.706. The topological polar surface area (TPSA) is 29.1 Å². The van der Waals surface area contributed by atoms with E-state index in [4.69, 9.17) is 0 Å². The summed E-state index contributed by atoms with van der Waals surface area (Å²) in [6.45, 7) is 2.76. The smallest absolute Gasteiger partial charge is 0.252 e. The average molecular weight is 419 g/mol. The summed E-state index contributed by atoms with van der Waals surface area (Å²) >= 11 is 2.26. The molecule has 0 aromatic heterocycles. The number of amides is 1. The minimum absolute atomic E-state index is 0.0420. The van der Waals surface area contributed by atoms with Crippen LogP contribution >= 0.6 is 22.6 Å². The lowest BCUT2D eigenvalue weighted by Gasteiger charge is -2.30. The molecule has 1 amide bonds. The maximum Gasteiger partial charge on any atom is 0.252 e. The van der Waals surface area contributed by atoms with Gasteiger partial charge in [0.05, 0.1) is 5.56 Å². The number of hydrogen-bond donors (Lipinski definition) is 1. The van der Waals surface area contributed by atoms with Gasteiger partial charge in [-0.2, -0.15) is 0 Å². The minimum Gasteiger partial charge on any atom is -0.351 e. The van der Waals surface area contributed by atoms with E-state index in [9.17, 15) is 4.79 Å². The number of rotatable bonds is 4. The van der Waals surface area contributed by atoms with Gasteiger partial charge in [0.2, 0.25) is 0 Å². The SMILES string of the molecule is Cc1cccc(C(=O)NCC2(c3ccccc3)CCCC2)c1I. The van der Waals surface area contributed by atoms with Gasteiger partial charge < -0.3 is 5.32 Å². The molecule has 2 aromatic carbocycles. The molecule has 1 N–H and O–H groups in total. The third-order valence-corrected chi connectivity index (χ3v) is 6.40. The number of benzene rings is 2. The fourth-order valence-electron chi connectivity index (χ4n) is 3.58. The summed E-state index contributed by atoms with van der Waals surface area (Å²) in [4.78, 5) is 12.6. The highest BCUT2D eigenvalue weighted by Gasteiger charge is 2.35. The van der Waals surface area contributed by atoms with Gasteiger partial charge in [0, 0.05) is 15.5 Å². The van der Waals surface area contributed by atoms with Gasteiger partial charge in [0.15, 0.2) is 0 Å². The van der Waals surface area contributed by atoms with Crippen LogP contribution in [0.5, 0.6) is 0 Å². The minimum atomic E-state index is 0.0420. The molecule has 3 rings (SSSR count). The van der Waals surface area contributed by atoms with Crippen LogP contribution in [0.2, 0.25) is 0 Å². The first-order valence-electron chi connectivity index (χ1n) is 8.21. The molecule has 23 heavy (non-hydrogen) atoms. The maximum atomic E-state index is 12.6. The number of aryl methyl sites for hydroxylation is 1. The Balaban J connectivity index is 1.78. The van der Waals surface area contributed by atoms with E-state index in [0.717, 1.165) is 34.1 Å². The Morgan fingerprint density at radius 2 is 1.78 bits per heavy atom. The van der Waals surface area contributed by atoms with E-state index in [1.807, 2.05) is 25.1 Å². The molecule has 1 aliphatic carbocycles. The highest BCUT2D eigenvalue weighted by Crippen LogP contribution is 2.40. The first kappa shape index (κ1) is 16.5. The molecule has 0 radical (unpaired) electrons. The molecule has 0 bridgehead atoms. The molecular weight excluding hydrogens is 397 g/mol. The third-order valence-electron chi connectivity index (χ3n) is 4.97. The first-order valence-corrected chi connectivity index (χ1v) is 9.29. The van der Waals surface area contributed by atoms with Gasteiger partial charge in [-0.25, -0.2) is 0 Å². The Morgan fingerprint density at radius 1 is 1.09 bits per heavy atom. The summed E-state index contributed by atoms with van der Waals surface area (Å²) in [7, 11) is 0. The second-order valence-electron chi connectivity index (χ2n) is 6.47. The highest BCUT2D eigenvalue weighted by atomic mass is 127. The zero-order valence-corrected chi connectivity index (χ0v) is 15.6. The monoisotopic (exact) mass is 419 g/mol. The lowest BCUT2D eigenvalue weighted by Crippen LogP contribution is -2.39. The Labute approximate surface area is 151 Å². The van der Waals surface area contributed by atoms with Crippen LogP contribution in [0.25, 0.3) is 0 Å². The predicted octanol–water partition coefficient (Wildman–Crippen LogP) is 4.84. The molecule has 0 atom stereocenters. The van der Waals surface area contributed by atoms with Crippen LogP contribution in [0.4, 0.5) is 0 Å². The van der Waals surface area contributed by atoms with Gasteiger partial charge in [-0.3, -0.25) is 4.79 Å². The van der Waals surface area contributed by atoms with Crippen molar-refractivity contribution in [2.75, 3.05) is 6.54 Å². The number of carbonyl (C=O) groups excluding carboxylic acids is 1. The number of halogens is 1. The molecule has 1 saturated carbocycles. The second-order valence-corrected chi connectivity index (χ2v) is 7.55. The van der Waals surface area contributed by atoms with Crippen LogP contribution in [0.3, 0.4) is 0 Å². The van der Waals surface area contributed by atoms with Crippen molar-refractivity contribution in [2.24, 2.45) is 0 Å². The van der Waals surface area contributed by atoms with Crippen molar-refractivity contribution >= 4 is 28.5 Å². The van der Waals surface area contributed by atoms with Crippen LogP contribution in [-0.2, 0) is 5.41 Å². The van der Waals surface area contributed by atoms with Crippen molar-refractivity contribution in [3.05, 3.63) is 68.8 Å². The van der Waals surface area contributed by atoms with E-state index in [1.165, 1.54) is 18.4 Å². The molecule has 3 heteroatoms. The molecule has 2 nitrogen and oxygen atoms in total. The molecule has 0 saturated heterocycles. The molecule has 0 heterocycles. The van der Waals surface area contributed by atoms with Crippen molar-refractivity contribution < 1.29 is 4.79 Å². The normalized spacial score (nSPS) is 16.3. The van der Waals surface area contributed by atoms with E-state index in [2.05, 4.69) is 58.2 Å². The molecule has 0 spiro atoms. The molecule has 1 aliphatic rings.